The molecule has 5 nitrogen and oxygen atoms in total. The minimum atomic E-state index is -0.918. The molecule has 15 heavy (non-hydrogen) atoms. The lowest BCUT2D eigenvalue weighted by Gasteiger charge is -2.04. The maximum Gasteiger partial charge on any atom is 0.260 e. The van der Waals surface area contributed by atoms with Gasteiger partial charge in [-0.2, -0.15) is 5.26 Å². The van der Waals surface area contributed by atoms with Crippen molar-refractivity contribution in [1.29, 1.82) is 10.7 Å². The van der Waals surface area contributed by atoms with Crippen molar-refractivity contribution in [1.82, 2.24) is 5.32 Å². The van der Waals surface area contributed by atoms with Crippen molar-refractivity contribution in [2.24, 2.45) is 5.73 Å². The molecular formula is C9H7FN4O. The molecule has 0 atom stereocenters. The summed E-state index contributed by atoms with van der Waals surface area (Å²) in [7, 11) is 0. The second-order valence-corrected chi connectivity index (χ2v) is 2.65. The van der Waals surface area contributed by atoms with Crippen LogP contribution in [0.15, 0.2) is 18.2 Å². The van der Waals surface area contributed by atoms with E-state index in [1.165, 1.54) is 18.2 Å². The summed E-state index contributed by atoms with van der Waals surface area (Å²) in [5, 5.41) is 17.2. The Labute approximate surface area is 84.8 Å². The van der Waals surface area contributed by atoms with Gasteiger partial charge in [-0.1, -0.05) is 6.07 Å². The normalized spacial score (nSPS) is 9.07. The van der Waals surface area contributed by atoms with Crippen LogP contribution >= 0.6 is 0 Å². The van der Waals surface area contributed by atoms with Gasteiger partial charge in [-0.15, -0.1) is 0 Å². The Kier molecular flexibility index (Phi) is 2.98. The molecule has 0 aliphatic rings. The molecule has 0 bridgehead atoms. The van der Waals surface area contributed by atoms with Crippen molar-refractivity contribution >= 4 is 11.9 Å². The summed E-state index contributed by atoms with van der Waals surface area (Å²) >= 11 is 0. The van der Waals surface area contributed by atoms with Gasteiger partial charge in [0.1, 0.15) is 6.07 Å². The number of nitrogens with one attached hydrogen (secondary N) is 2. The molecule has 6 heteroatoms. The highest BCUT2D eigenvalue weighted by molar-refractivity contribution is 6.04. The van der Waals surface area contributed by atoms with Crippen molar-refractivity contribution in [3.63, 3.8) is 0 Å². The van der Waals surface area contributed by atoms with Crippen LogP contribution in [-0.4, -0.2) is 11.9 Å². The van der Waals surface area contributed by atoms with Crippen molar-refractivity contribution in [2.75, 3.05) is 0 Å². The molecule has 1 aromatic carbocycles. The monoisotopic (exact) mass is 206 g/mol. The summed E-state index contributed by atoms with van der Waals surface area (Å²) < 4.78 is 13.4. The quantitative estimate of drug-likeness (QED) is 0.455. The smallest absolute Gasteiger partial charge is 0.260 e. The van der Waals surface area contributed by atoms with Crippen molar-refractivity contribution in [2.45, 2.75) is 0 Å². The Balaban J connectivity index is 3.11. The summed E-state index contributed by atoms with van der Waals surface area (Å²) in [5.41, 5.74) is 4.37. The third-order valence-corrected chi connectivity index (χ3v) is 1.61. The molecule has 0 saturated heterocycles. The summed E-state index contributed by atoms with van der Waals surface area (Å²) in [5.74, 6) is -2.35. The van der Waals surface area contributed by atoms with Crippen LogP contribution in [0.5, 0.6) is 0 Å². The van der Waals surface area contributed by atoms with Crippen molar-refractivity contribution < 1.29 is 9.18 Å². The number of nitrogens with two attached hydrogens (primary N) is 1. The van der Waals surface area contributed by atoms with Gasteiger partial charge in [0.25, 0.3) is 5.91 Å². The Morgan fingerprint density at radius 2 is 2.27 bits per heavy atom. The van der Waals surface area contributed by atoms with E-state index in [0.29, 0.717) is 0 Å². The van der Waals surface area contributed by atoms with E-state index < -0.39 is 17.7 Å². The number of hydrogen-bond acceptors (Lipinski definition) is 3. The SMILES string of the molecule is N#Cc1cccc(C(=O)NC(=N)N)c1F. The van der Waals surface area contributed by atoms with Crippen LogP contribution in [0.25, 0.3) is 0 Å². The highest BCUT2D eigenvalue weighted by Gasteiger charge is 2.14. The van der Waals surface area contributed by atoms with Crippen LogP contribution in [0.3, 0.4) is 0 Å². The fourth-order valence-corrected chi connectivity index (χ4v) is 0.983. The summed E-state index contributed by atoms with van der Waals surface area (Å²) in [6.45, 7) is 0. The molecule has 0 fully saturated rings. The Morgan fingerprint density at radius 1 is 1.60 bits per heavy atom. The van der Waals surface area contributed by atoms with Gasteiger partial charge in [0.05, 0.1) is 11.1 Å². The zero-order chi connectivity index (χ0) is 11.4. The number of nitrogens with zero attached hydrogens (tertiary/aromatic N) is 1. The van der Waals surface area contributed by atoms with E-state index in [2.05, 4.69) is 0 Å². The molecule has 0 spiro atoms. The molecule has 1 amide bonds. The van der Waals surface area contributed by atoms with Gasteiger partial charge in [-0.25, -0.2) is 4.39 Å². The van der Waals surface area contributed by atoms with Gasteiger partial charge in [0.15, 0.2) is 11.8 Å². The third kappa shape index (κ3) is 2.28. The van der Waals surface area contributed by atoms with E-state index in [0.717, 1.165) is 0 Å². The van der Waals surface area contributed by atoms with E-state index >= 15 is 0 Å². The molecule has 76 valence electrons. The zero-order valence-electron chi connectivity index (χ0n) is 7.54. The topological polar surface area (TPSA) is 103 Å². The average molecular weight is 206 g/mol. The summed E-state index contributed by atoms with van der Waals surface area (Å²) in [6, 6.07) is 5.43. The predicted octanol–water partition coefficient (Wildman–Crippen LogP) is 0.321. The van der Waals surface area contributed by atoms with Crippen LogP contribution < -0.4 is 11.1 Å². The Morgan fingerprint density at radius 3 is 2.80 bits per heavy atom. The molecule has 0 unspecified atom stereocenters. The highest BCUT2D eigenvalue weighted by Crippen LogP contribution is 2.11. The van der Waals surface area contributed by atoms with Gasteiger partial charge in [0.2, 0.25) is 0 Å². The van der Waals surface area contributed by atoms with E-state index in [4.69, 9.17) is 16.4 Å². The van der Waals surface area contributed by atoms with Crippen molar-refractivity contribution in [3.05, 3.63) is 35.1 Å². The second kappa shape index (κ2) is 4.19. The number of guanidine groups is 1. The molecule has 1 rings (SSSR count). The van der Waals surface area contributed by atoms with Gasteiger partial charge >= 0.3 is 0 Å². The lowest BCUT2D eigenvalue weighted by atomic mass is 10.1. The first-order valence-corrected chi connectivity index (χ1v) is 3.90. The van der Waals surface area contributed by atoms with Crippen LogP contribution in [0.4, 0.5) is 4.39 Å². The first-order chi connectivity index (χ1) is 7.06. The number of benzene rings is 1. The van der Waals surface area contributed by atoms with Crippen LogP contribution in [0.1, 0.15) is 15.9 Å². The van der Waals surface area contributed by atoms with Gasteiger partial charge in [-0.3, -0.25) is 15.5 Å². The number of carbonyl (C=O) groups excluding carboxylic acids is 1. The maximum absolute atomic E-state index is 13.4. The lowest BCUT2D eigenvalue weighted by molar-refractivity contribution is 0.0972. The maximum atomic E-state index is 13.4. The first kappa shape index (κ1) is 10.7. The predicted molar refractivity (Wildman–Crippen MR) is 50.5 cm³/mol. The van der Waals surface area contributed by atoms with Gasteiger partial charge in [-0.05, 0) is 12.1 Å². The fourth-order valence-electron chi connectivity index (χ4n) is 0.983. The number of halogens is 1. The largest absolute Gasteiger partial charge is 0.370 e. The summed E-state index contributed by atoms with van der Waals surface area (Å²) in [4.78, 5) is 11.3. The third-order valence-electron chi connectivity index (χ3n) is 1.61. The minimum absolute atomic E-state index is 0.230. The molecule has 0 aliphatic heterocycles. The Bertz CT molecular complexity index is 464. The molecular weight excluding hydrogens is 199 g/mol. The minimum Gasteiger partial charge on any atom is -0.370 e. The molecule has 0 heterocycles. The summed E-state index contributed by atoms with van der Waals surface area (Å²) in [6.07, 6.45) is 0. The fraction of sp³-hybridized carbons (Fsp3) is 0. The number of nitriles is 1. The number of carbonyl (C=O) groups is 1. The second-order valence-electron chi connectivity index (χ2n) is 2.65. The van der Waals surface area contributed by atoms with E-state index in [-0.39, 0.29) is 11.1 Å². The van der Waals surface area contributed by atoms with Gasteiger partial charge < -0.3 is 5.73 Å². The lowest BCUT2D eigenvalue weighted by Crippen LogP contribution is -2.36. The van der Waals surface area contributed by atoms with Crippen LogP contribution in [0, 0.1) is 22.6 Å². The molecule has 0 aliphatic carbocycles. The highest BCUT2D eigenvalue weighted by atomic mass is 19.1. The van der Waals surface area contributed by atoms with E-state index in [1.54, 1.807) is 6.07 Å². The molecule has 1 aromatic rings. The zero-order valence-corrected chi connectivity index (χ0v) is 7.54. The number of hydrogen-bond donors (Lipinski definition) is 3. The van der Waals surface area contributed by atoms with Crippen molar-refractivity contribution in [3.8, 4) is 6.07 Å². The first-order valence-electron chi connectivity index (χ1n) is 3.90. The van der Waals surface area contributed by atoms with E-state index in [9.17, 15) is 9.18 Å². The van der Waals surface area contributed by atoms with Gasteiger partial charge in [0, 0.05) is 0 Å². The number of amides is 1. The average Bonchev–Trinajstić information content (AvgIpc) is 2.17. The Hall–Kier alpha value is -2.42. The standard InChI is InChI=1S/C9H7FN4O/c10-7-5(4-11)2-1-3-6(7)8(15)14-9(12)13/h1-3H,(H4,12,13,14,15). The molecule has 0 radical (unpaired) electrons. The van der Waals surface area contributed by atoms with Crippen LogP contribution in [0.2, 0.25) is 0 Å². The molecule has 0 saturated carbocycles. The van der Waals surface area contributed by atoms with Crippen LogP contribution in [-0.2, 0) is 0 Å². The van der Waals surface area contributed by atoms with E-state index in [1.807, 2.05) is 5.32 Å². The number of rotatable bonds is 1. The molecule has 4 N–H and O–H groups in total. The molecule has 0 aromatic heterocycles.